The van der Waals surface area contributed by atoms with E-state index in [4.69, 9.17) is 0 Å². The molecule has 0 N–H and O–H groups in total. The molecular formula is C21H29Cl2N3. The average molecular weight is 394 g/mol. The van der Waals surface area contributed by atoms with Crippen LogP contribution in [0.15, 0.2) is 54.6 Å². The molecule has 0 unspecified atom stereocenters. The third-order valence-electron chi connectivity index (χ3n) is 4.46. The molecule has 142 valence electrons. The van der Waals surface area contributed by atoms with Gasteiger partial charge < -0.3 is 14.4 Å². The fraction of sp³-hybridized carbons (Fsp3) is 0.333. The quantitative estimate of drug-likeness (QED) is 0.572. The van der Waals surface area contributed by atoms with E-state index >= 15 is 0 Å². The SMILES string of the molecule is CN(C)CCCn1c(-c2ccccc2)cc2cc(N(C)C)ccc21.Cl.Cl. The first-order valence-corrected chi connectivity index (χ1v) is 8.57. The minimum atomic E-state index is 0. The Labute approximate surface area is 169 Å². The molecule has 26 heavy (non-hydrogen) atoms. The molecular weight excluding hydrogens is 365 g/mol. The van der Waals surface area contributed by atoms with E-state index in [1.165, 1.54) is 27.8 Å². The van der Waals surface area contributed by atoms with Crippen molar-refractivity contribution in [2.75, 3.05) is 39.6 Å². The number of benzene rings is 2. The molecule has 0 spiro atoms. The predicted molar refractivity (Wildman–Crippen MR) is 119 cm³/mol. The van der Waals surface area contributed by atoms with Crippen LogP contribution in [0.2, 0.25) is 0 Å². The third kappa shape index (κ3) is 4.94. The van der Waals surface area contributed by atoms with Gasteiger partial charge in [0.25, 0.3) is 0 Å². The number of halogens is 2. The summed E-state index contributed by atoms with van der Waals surface area (Å²) in [6, 6.07) is 19.8. The Morgan fingerprint density at radius 3 is 2.15 bits per heavy atom. The van der Waals surface area contributed by atoms with Crippen molar-refractivity contribution in [1.29, 1.82) is 0 Å². The van der Waals surface area contributed by atoms with Crippen LogP contribution < -0.4 is 4.90 Å². The molecule has 0 aliphatic rings. The molecule has 0 radical (unpaired) electrons. The summed E-state index contributed by atoms with van der Waals surface area (Å²) in [5, 5.41) is 1.31. The van der Waals surface area contributed by atoms with Gasteiger partial charge in [-0.05, 0) is 56.9 Å². The number of aryl methyl sites for hydroxylation is 1. The number of nitrogens with zero attached hydrogens (tertiary/aromatic N) is 3. The second kappa shape index (κ2) is 9.86. The topological polar surface area (TPSA) is 11.4 Å². The molecule has 1 heterocycles. The van der Waals surface area contributed by atoms with Crippen molar-refractivity contribution in [2.24, 2.45) is 0 Å². The molecule has 1 aromatic heterocycles. The first-order chi connectivity index (χ1) is 11.6. The van der Waals surface area contributed by atoms with Crippen molar-refractivity contribution in [1.82, 2.24) is 9.47 Å². The molecule has 0 amide bonds. The molecule has 2 aromatic carbocycles. The van der Waals surface area contributed by atoms with Gasteiger partial charge in [-0.25, -0.2) is 0 Å². The Balaban J connectivity index is 0.00000169. The van der Waals surface area contributed by atoms with Crippen LogP contribution in [0.25, 0.3) is 22.2 Å². The lowest BCUT2D eigenvalue weighted by Gasteiger charge is -2.15. The number of hydrogen-bond acceptors (Lipinski definition) is 2. The van der Waals surface area contributed by atoms with E-state index < -0.39 is 0 Å². The highest BCUT2D eigenvalue weighted by molar-refractivity contribution is 5.89. The van der Waals surface area contributed by atoms with Crippen molar-refractivity contribution in [2.45, 2.75) is 13.0 Å². The highest BCUT2D eigenvalue weighted by atomic mass is 35.5. The van der Waals surface area contributed by atoms with Gasteiger partial charge in [0, 0.05) is 42.9 Å². The average Bonchev–Trinajstić information content (AvgIpc) is 2.93. The van der Waals surface area contributed by atoms with Gasteiger partial charge in [0.2, 0.25) is 0 Å². The molecule has 0 saturated heterocycles. The largest absolute Gasteiger partial charge is 0.378 e. The van der Waals surface area contributed by atoms with E-state index in [1.54, 1.807) is 0 Å². The van der Waals surface area contributed by atoms with E-state index in [0.717, 1.165) is 19.5 Å². The maximum Gasteiger partial charge on any atom is 0.0491 e. The van der Waals surface area contributed by atoms with Crippen molar-refractivity contribution >= 4 is 41.4 Å². The van der Waals surface area contributed by atoms with Gasteiger partial charge in [-0.2, -0.15) is 0 Å². The third-order valence-corrected chi connectivity index (χ3v) is 4.46. The predicted octanol–water partition coefficient (Wildman–Crippen LogP) is 5.17. The molecule has 0 atom stereocenters. The zero-order chi connectivity index (χ0) is 17.1. The summed E-state index contributed by atoms with van der Waals surface area (Å²) in [6.07, 6.45) is 1.14. The number of fused-ring (bicyclic) bond motifs is 1. The number of anilines is 1. The highest BCUT2D eigenvalue weighted by Gasteiger charge is 2.11. The molecule has 3 aromatic rings. The van der Waals surface area contributed by atoms with E-state index in [1.807, 2.05) is 0 Å². The summed E-state index contributed by atoms with van der Waals surface area (Å²) >= 11 is 0. The summed E-state index contributed by atoms with van der Waals surface area (Å²) in [5.74, 6) is 0. The fourth-order valence-electron chi connectivity index (χ4n) is 3.17. The molecule has 0 fully saturated rings. The first-order valence-electron chi connectivity index (χ1n) is 8.57. The maximum absolute atomic E-state index is 2.47. The van der Waals surface area contributed by atoms with Crippen LogP contribution in [0, 0.1) is 0 Å². The van der Waals surface area contributed by atoms with Crippen molar-refractivity contribution in [3.05, 3.63) is 54.6 Å². The lowest BCUT2D eigenvalue weighted by molar-refractivity contribution is 0.388. The van der Waals surface area contributed by atoms with E-state index in [2.05, 4.69) is 97.2 Å². The minimum absolute atomic E-state index is 0. The Morgan fingerprint density at radius 2 is 1.54 bits per heavy atom. The van der Waals surface area contributed by atoms with Gasteiger partial charge in [0.1, 0.15) is 0 Å². The second-order valence-electron chi connectivity index (χ2n) is 6.84. The number of hydrogen-bond donors (Lipinski definition) is 0. The first kappa shape index (κ1) is 22.4. The van der Waals surface area contributed by atoms with Crippen LogP contribution in [-0.4, -0.2) is 44.2 Å². The highest BCUT2D eigenvalue weighted by Crippen LogP contribution is 2.30. The molecule has 3 rings (SSSR count). The number of rotatable bonds is 6. The van der Waals surface area contributed by atoms with Crippen molar-refractivity contribution in [3.8, 4) is 11.3 Å². The Kier molecular flexibility index (Phi) is 8.48. The summed E-state index contributed by atoms with van der Waals surface area (Å²) < 4.78 is 2.47. The number of aromatic nitrogens is 1. The Bertz CT molecular complexity index is 811. The van der Waals surface area contributed by atoms with Crippen LogP contribution >= 0.6 is 24.8 Å². The minimum Gasteiger partial charge on any atom is -0.378 e. The standard InChI is InChI=1S/C21H27N3.2ClH/c1-22(2)13-8-14-24-20-12-11-19(23(3)4)15-18(20)16-21(24)17-9-6-5-7-10-17;;/h5-7,9-12,15-16H,8,13-14H2,1-4H3;2*1H. The van der Waals surface area contributed by atoms with E-state index in [9.17, 15) is 0 Å². The van der Waals surface area contributed by atoms with Crippen LogP contribution in [0.5, 0.6) is 0 Å². The monoisotopic (exact) mass is 393 g/mol. The molecule has 3 nitrogen and oxygen atoms in total. The Hall–Kier alpha value is -1.68. The summed E-state index contributed by atoms with van der Waals surface area (Å²) in [4.78, 5) is 4.41. The van der Waals surface area contributed by atoms with Gasteiger partial charge in [0.15, 0.2) is 0 Å². The normalized spacial score (nSPS) is 10.5. The lowest BCUT2D eigenvalue weighted by Crippen LogP contribution is -2.15. The summed E-state index contributed by atoms with van der Waals surface area (Å²) in [7, 11) is 8.45. The molecule has 0 saturated carbocycles. The second-order valence-corrected chi connectivity index (χ2v) is 6.84. The zero-order valence-electron chi connectivity index (χ0n) is 16.0. The lowest BCUT2D eigenvalue weighted by atomic mass is 10.1. The Morgan fingerprint density at radius 1 is 0.846 bits per heavy atom. The van der Waals surface area contributed by atoms with E-state index in [-0.39, 0.29) is 24.8 Å². The summed E-state index contributed by atoms with van der Waals surface area (Å²) in [5.41, 5.74) is 5.15. The maximum atomic E-state index is 2.47. The molecule has 5 heteroatoms. The van der Waals surface area contributed by atoms with Crippen LogP contribution in [0.1, 0.15) is 6.42 Å². The van der Waals surface area contributed by atoms with Gasteiger partial charge in [-0.1, -0.05) is 30.3 Å². The van der Waals surface area contributed by atoms with Gasteiger partial charge in [0.05, 0.1) is 0 Å². The summed E-state index contributed by atoms with van der Waals surface area (Å²) in [6.45, 7) is 2.14. The molecule has 0 aliphatic heterocycles. The van der Waals surface area contributed by atoms with Crippen molar-refractivity contribution < 1.29 is 0 Å². The zero-order valence-corrected chi connectivity index (χ0v) is 17.6. The van der Waals surface area contributed by atoms with Gasteiger partial charge in [-0.3, -0.25) is 0 Å². The molecule has 0 bridgehead atoms. The van der Waals surface area contributed by atoms with Crippen molar-refractivity contribution in [3.63, 3.8) is 0 Å². The van der Waals surface area contributed by atoms with Crippen LogP contribution in [-0.2, 0) is 6.54 Å². The smallest absolute Gasteiger partial charge is 0.0491 e. The van der Waals surface area contributed by atoms with Crippen LogP contribution in [0.3, 0.4) is 0 Å². The van der Waals surface area contributed by atoms with Crippen LogP contribution in [0.4, 0.5) is 5.69 Å². The fourth-order valence-corrected chi connectivity index (χ4v) is 3.17. The van der Waals surface area contributed by atoms with Gasteiger partial charge >= 0.3 is 0 Å². The molecule has 0 aliphatic carbocycles. The van der Waals surface area contributed by atoms with Gasteiger partial charge in [-0.15, -0.1) is 24.8 Å². The van der Waals surface area contributed by atoms with E-state index in [0.29, 0.717) is 0 Å².